The Morgan fingerprint density at radius 2 is 1.93 bits per heavy atom. The zero-order valence-corrected chi connectivity index (χ0v) is 18.3. The predicted octanol–water partition coefficient (Wildman–Crippen LogP) is 4.15. The van der Waals surface area contributed by atoms with Crippen LogP contribution in [0.3, 0.4) is 0 Å². The maximum Gasteiger partial charge on any atom is 0.260 e. The van der Waals surface area contributed by atoms with Gasteiger partial charge in [0.05, 0.1) is 11.1 Å². The number of hydrazone groups is 1. The first-order chi connectivity index (χ1) is 14.5. The van der Waals surface area contributed by atoms with Crippen molar-refractivity contribution < 1.29 is 9.53 Å². The van der Waals surface area contributed by atoms with Crippen LogP contribution < -0.4 is 10.2 Å². The van der Waals surface area contributed by atoms with Crippen molar-refractivity contribution in [3.05, 3.63) is 46.6 Å². The van der Waals surface area contributed by atoms with Gasteiger partial charge in [-0.3, -0.25) is 10.2 Å². The van der Waals surface area contributed by atoms with Crippen molar-refractivity contribution in [3.63, 3.8) is 0 Å². The van der Waals surface area contributed by atoms with Gasteiger partial charge in [-0.05, 0) is 69.0 Å². The first kappa shape index (κ1) is 20.3. The lowest BCUT2D eigenvalue weighted by atomic mass is 10.1. The van der Waals surface area contributed by atoms with E-state index in [4.69, 9.17) is 4.74 Å². The third-order valence-corrected chi connectivity index (χ3v) is 6.50. The Morgan fingerprint density at radius 1 is 1.20 bits per heavy atom. The first-order valence-electron chi connectivity index (χ1n) is 10.0. The van der Waals surface area contributed by atoms with Gasteiger partial charge in [0.25, 0.3) is 5.91 Å². The number of rotatable bonds is 6. The minimum absolute atomic E-state index is 0.0497. The number of anilines is 1. The van der Waals surface area contributed by atoms with Crippen molar-refractivity contribution in [2.45, 2.75) is 33.6 Å². The number of carbonyl (C=O) groups excluding carboxylic acids is 1. The molecular weight excluding hydrogens is 398 g/mol. The molecule has 1 aliphatic rings. The molecule has 156 valence electrons. The standard InChI is InChI=1S/C22H25N5O2S/c1-14-16(3)30-22-20(14)21(23-13-24-22)26-25-15(2)17-6-8-18(9-7-17)29-12-19(28)27-10-4-5-11-27/h6-9,13H,4-5,10-12H2,1-3H3,(H,23,24,26)/b25-15-. The number of hydrogen-bond donors (Lipinski definition) is 1. The average Bonchev–Trinajstić information content (AvgIpc) is 3.40. The molecule has 4 rings (SSSR count). The third-order valence-electron chi connectivity index (χ3n) is 5.39. The van der Waals surface area contributed by atoms with E-state index in [0.717, 1.165) is 47.4 Å². The van der Waals surface area contributed by atoms with Gasteiger partial charge in [-0.25, -0.2) is 9.97 Å². The number of thiophene rings is 1. The summed E-state index contributed by atoms with van der Waals surface area (Å²) in [7, 11) is 0. The lowest BCUT2D eigenvalue weighted by Gasteiger charge is -2.15. The molecule has 30 heavy (non-hydrogen) atoms. The monoisotopic (exact) mass is 423 g/mol. The van der Waals surface area contributed by atoms with Crippen LogP contribution in [0, 0.1) is 13.8 Å². The molecule has 2 aromatic heterocycles. The minimum atomic E-state index is 0.0497. The van der Waals surface area contributed by atoms with E-state index < -0.39 is 0 Å². The number of ether oxygens (including phenoxy) is 1. The van der Waals surface area contributed by atoms with Crippen LogP contribution in [0.15, 0.2) is 35.7 Å². The second-order valence-electron chi connectivity index (χ2n) is 7.40. The number of likely N-dealkylation sites (tertiary alicyclic amines) is 1. The lowest BCUT2D eigenvalue weighted by molar-refractivity contribution is -0.132. The van der Waals surface area contributed by atoms with Crippen molar-refractivity contribution in [1.82, 2.24) is 14.9 Å². The van der Waals surface area contributed by atoms with Crippen LogP contribution in [0.1, 0.15) is 35.8 Å². The van der Waals surface area contributed by atoms with Gasteiger partial charge in [-0.2, -0.15) is 5.10 Å². The Morgan fingerprint density at radius 3 is 2.67 bits per heavy atom. The summed E-state index contributed by atoms with van der Waals surface area (Å²) >= 11 is 1.66. The maximum absolute atomic E-state index is 12.1. The summed E-state index contributed by atoms with van der Waals surface area (Å²) in [6.45, 7) is 7.86. The summed E-state index contributed by atoms with van der Waals surface area (Å²) in [6, 6.07) is 7.60. The Kier molecular flexibility index (Phi) is 5.94. The summed E-state index contributed by atoms with van der Waals surface area (Å²) in [5, 5.41) is 5.52. The van der Waals surface area contributed by atoms with E-state index in [-0.39, 0.29) is 12.5 Å². The predicted molar refractivity (Wildman–Crippen MR) is 120 cm³/mol. The van der Waals surface area contributed by atoms with E-state index in [9.17, 15) is 4.79 Å². The van der Waals surface area contributed by atoms with Gasteiger partial charge in [-0.15, -0.1) is 11.3 Å². The Balaban J connectivity index is 1.40. The van der Waals surface area contributed by atoms with Crippen LogP contribution in [-0.4, -0.2) is 46.2 Å². The van der Waals surface area contributed by atoms with Gasteiger partial charge in [0.15, 0.2) is 12.4 Å². The number of amides is 1. The van der Waals surface area contributed by atoms with Gasteiger partial charge >= 0.3 is 0 Å². The topological polar surface area (TPSA) is 79.7 Å². The van der Waals surface area contributed by atoms with E-state index in [2.05, 4.69) is 34.3 Å². The van der Waals surface area contributed by atoms with Crippen molar-refractivity contribution >= 4 is 39.0 Å². The molecule has 8 heteroatoms. The molecule has 1 N–H and O–H groups in total. The molecule has 0 atom stereocenters. The SMILES string of the molecule is C/C(=N/Nc1ncnc2sc(C)c(C)c12)c1ccc(OCC(=O)N2CCCC2)cc1. The number of nitrogens with one attached hydrogen (secondary N) is 1. The zero-order chi connectivity index (χ0) is 21.1. The fourth-order valence-corrected chi connectivity index (χ4v) is 4.46. The minimum Gasteiger partial charge on any atom is -0.484 e. The number of carbonyl (C=O) groups is 1. The molecule has 1 fully saturated rings. The molecule has 1 amide bonds. The highest BCUT2D eigenvalue weighted by atomic mass is 32.1. The lowest BCUT2D eigenvalue weighted by Crippen LogP contribution is -2.32. The molecule has 0 saturated carbocycles. The molecule has 1 aliphatic heterocycles. The van der Waals surface area contributed by atoms with Crippen LogP contribution in [-0.2, 0) is 4.79 Å². The molecule has 0 spiro atoms. The summed E-state index contributed by atoms with van der Waals surface area (Å²) in [4.78, 5) is 24.9. The van der Waals surface area contributed by atoms with Gasteiger partial charge < -0.3 is 9.64 Å². The van der Waals surface area contributed by atoms with E-state index in [1.807, 2.05) is 36.1 Å². The van der Waals surface area contributed by atoms with Gasteiger partial charge in [0.2, 0.25) is 0 Å². The normalized spacial score (nSPS) is 14.4. The largest absolute Gasteiger partial charge is 0.484 e. The molecule has 0 radical (unpaired) electrons. The molecule has 0 bridgehead atoms. The van der Waals surface area contributed by atoms with Crippen LogP contribution in [0.25, 0.3) is 10.2 Å². The van der Waals surface area contributed by atoms with E-state index in [1.54, 1.807) is 17.7 Å². The second-order valence-corrected chi connectivity index (χ2v) is 8.60. The summed E-state index contributed by atoms with van der Waals surface area (Å²) in [5.74, 6) is 1.43. The highest BCUT2D eigenvalue weighted by Crippen LogP contribution is 2.32. The Bertz CT molecular complexity index is 1080. The summed E-state index contributed by atoms with van der Waals surface area (Å²) in [5.41, 5.74) is 6.05. The molecule has 3 aromatic rings. The molecular formula is C22H25N5O2S. The highest BCUT2D eigenvalue weighted by Gasteiger charge is 2.18. The van der Waals surface area contributed by atoms with E-state index in [1.165, 1.54) is 10.4 Å². The zero-order valence-electron chi connectivity index (χ0n) is 17.4. The molecule has 3 heterocycles. The molecule has 0 aliphatic carbocycles. The van der Waals surface area contributed by atoms with Crippen molar-refractivity contribution in [2.75, 3.05) is 25.1 Å². The Hall–Kier alpha value is -3.00. The van der Waals surface area contributed by atoms with Crippen LogP contribution in [0.5, 0.6) is 5.75 Å². The fourth-order valence-electron chi connectivity index (χ4n) is 3.46. The van der Waals surface area contributed by atoms with Gasteiger partial charge in [0, 0.05) is 18.0 Å². The number of aromatic nitrogens is 2. The first-order valence-corrected chi connectivity index (χ1v) is 10.9. The second kappa shape index (κ2) is 8.79. The fraction of sp³-hybridized carbons (Fsp3) is 0.364. The van der Waals surface area contributed by atoms with E-state index >= 15 is 0 Å². The van der Waals surface area contributed by atoms with Gasteiger partial charge in [0.1, 0.15) is 16.9 Å². The van der Waals surface area contributed by atoms with Crippen LogP contribution >= 0.6 is 11.3 Å². The third kappa shape index (κ3) is 4.28. The Labute approximate surface area is 179 Å². The van der Waals surface area contributed by atoms with Crippen LogP contribution in [0.4, 0.5) is 5.82 Å². The quantitative estimate of drug-likeness (QED) is 0.476. The number of fused-ring (bicyclic) bond motifs is 1. The smallest absolute Gasteiger partial charge is 0.260 e. The summed E-state index contributed by atoms with van der Waals surface area (Å²) in [6.07, 6.45) is 3.72. The van der Waals surface area contributed by atoms with Gasteiger partial charge in [-0.1, -0.05) is 0 Å². The molecule has 7 nitrogen and oxygen atoms in total. The molecule has 0 unspecified atom stereocenters. The number of hydrogen-bond acceptors (Lipinski definition) is 7. The van der Waals surface area contributed by atoms with E-state index in [0.29, 0.717) is 11.6 Å². The van der Waals surface area contributed by atoms with Crippen molar-refractivity contribution in [2.24, 2.45) is 5.10 Å². The maximum atomic E-state index is 12.1. The highest BCUT2D eigenvalue weighted by molar-refractivity contribution is 7.18. The van der Waals surface area contributed by atoms with Crippen LogP contribution in [0.2, 0.25) is 0 Å². The number of benzene rings is 1. The van der Waals surface area contributed by atoms with Crippen molar-refractivity contribution in [3.8, 4) is 5.75 Å². The number of nitrogens with zero attached hydrogens (tertiary/aromatic N) is 4. The van der Waals surface area contributed by atoms with Crippen molar-refractivity contribution in [1.29, 1.82) is 0 Å². The average molecular weight is 424 g/mol. The summed E-state index contributed by atoms with van der Waals surface area (Å²) < 4.78 is 5.65. The molecule has 1 saturated heterocycles. The number of aryl methyl sites for hydroxylation is 2. The molecule has 1 aromatic carbocycles.